The molecule has 4 amide bonds. The molecule has 3 aromatic carbocycles. The first-order valence-electron chi connectivity index (χ1n) is 20.1. The number of aromatic nitrogens is 3. The molecule has 9 rings (SSSR count). The summed E-state index contributed by atoms with van der Waals surface area (Å²) in [5.74, 6) is -2.85. The Hall–Kier alpha value is -6.26. The summed E-state index contributed by atoms with van der Waals surface area (Å²) in [6.45, 7) is 0.917. The van der Waals surface area contributed by atoms with Gasteiger partial charge in [0.25, 0.3) is 5.91 Å². The number of rotatable bonds is 12. The lowest BCUT2D eigenvalue weighted by atomic mass is 9.94. The molecule has 5 atom stereocenters. The third-order valence-electron chi connectivity index (χ3n) is 12.1. The second kappa shape index (κ2) is 16.1. The zero-order valence-electron chi connectivity index (χ0n) is 35.2. The van der Waals surface area contributed by atoms with Crippen molar-refractivity contribution >= 4 is 85.9 Å². The van der Waals surface area contributed by atoms with Crippen LogP contribution in [-0.4, -0.2) is 136 Å². The summed E-state index contributed by atoms with van der Waals surface area (Å²) >= 11 is 2.81. The third kappa shape index (κ3) is 7.07. The van der Waals surface area contributed by atoms with Gasteiger partial charge in [-0.3, -0.25) is 24.0 Å². The van der Waals surface area contributed by atoms with Crippen LogP contribution in [0, 0.1) is 0 Å². The molecule has 334 valence electrons. The third-order valence-corrected chi connectivity index (χ3v) is 17.3. The fourth-order valence-corrected chi connectivity index (χ4v) is 13.4. The lowest BCUT2D eigenvalue weighted by Crippen LogP contribution is -2.73. The Balaban J connectivity index is 0.845. The van der Waals surface area contributed by atoms with Crippen LogP contribution in [-0.2, 0) is 46.9 Å². The molecule has 0 saturated carbocycles. The first-order valence-corrected chi connectivity index (χ1v) is 23.5. The molecule has 4 aromatic rings. The summed E-state index contributed by atoms with van der Waals surface area (Å²) in [6.07, 6.45) is 2.01. The van der Waals surface area contributed by atoms with Crippen LogP contribution >= 0.6 is 23.5 Å². The van der Waals surface area contributed by atoms with Crippen molar-refractivity contribution in [2.24, 2.45) is 0 Å². The number of fused-ring (bicyclic) bond motifs is 4. The number of amides is 4. The van der Waals surface area contributed by atoms with Crippen molar-refractivity contribution in [1.29, 1.82) is 0 Å². The van der Waals surface area contributed by atoms with Crippen LogP contribution in [0.4, 0.5) is 27.5 Å². The Bertz CT molecular complexity index is 2690. The normalized spacial score (nSPS) is 23.8. The number of carboxylic acid groups (broad SMARTS) is 1. The molecule has 22 heteroatoms. The maximum Gasteiger partial charge on any atom is 0.419 e. The molecule has 2 N–H and O–H groups in total. The number of hydrogen-bond donors (Lipinski definition) is 2. The molecule has 0 radical (unpaired) electrons. The molecule has 0 bridgehead atoms. The van der Waals surface area contributed by atoms with E-state index < -0.39 is 67.2 Å². The van der Waals surface area contributed by atoms with E-state index in [2.05, 4.69) is 15.6 Å². The van der Waals surface area contributed by atoms with Crippen LogP contribution in [0.2, 0.25) is 0 Å². The fraction of sp³-hybridized carbons (Fsp3) is 0.357. The lowest BCUT2D eigenvalue weighted by Gasteiger charge is -2.50. The molecule has 5 aliphatic rings. The molecule has 0 spiro atoms. The summed E-state index contributed by atoms with van der Waals surface area (Å²) in [5.41, 5.74) is 4.16. The van der Waals surface area contributed by atoms with E-state index in [1.54, 1.807) is 40.9 Å². The van der Waals surface area contributed by atoms with Gasteiger partial charge in [-0.25, -0.2) is 22.9 Å². The SMILES string of the molecule is CN(C)c1ccc2c(c1)Sc1cc(N(C)C)ccc1N2C(=O)OCc1ccc(OCC2=C(C(=O)O)N3C(=O)[C@@H](NC(=O)[C@@H]4N5C(=O)CC5S(=O)(=O)C4(C)Cn4ccnn4)[C@H]3SC2)cc1. The number of nitrogens with one attached hydrogen (secondary N) is 1. The van der Waals surface area contributed by atoms with E-state index in [1.165, 1.54) is 35.8 Å². The predicted molar refractivity (Wildman–Crippen MR) is 236 cm³/mol. The second-order valence-electron chi connectivity index (χ2n) is 16.5. The number of benzene rings is 3. The summed E-state index contributed by atoms with van der Waals surface area (Å²) in [4.78, 5) is 76.2. The minimum absolute atomic E-state index is 0.0351. The highest BCUT2D eigenvalue weighted by Gasteiger charge is 2.70. The van der Waals surface area contributed by atoms with Crippen molar-refractivity contribution in [3.63, 3.8) is 0 Å². The first kappa shape index (κ1) is 43.0. The van der Waals surface area contributed by atoms with Gasteiger partial charge >= 0.3 is 12.1 Å². The fourth-order valence-electron chi connectivity index (χ4n) is 8.58. The zero-order chi connectivity index (χ0) is 45.4. The topological polar surface area (TPSA) is 217 Å². The van der Waals surface area contributed by atoms with E-state index >= 15 is 0 Å². The van der Waals surface area contributed by atoms with Crippen molar-refractivity contribution in [3.8, 4) is 5.75 Å². The number of thioether (sulfide) groups is 1. The van der Waals surface area contributed by atoms with Gasteiger partial charge in [-0.15, -0.1) is 16.9 Å². The highest BCUT2D eigenvalue weighted by atomic mass is 32.2. The lowest BCUT2D eigenvalue weighted by molar-refractivity contribution is -0.154. The van der Waals surface area contributed by atoms with Gasteiger partial charge in [0.05, 0.1) is 30.5 Å². The van der Waals surface area contributed by atoms with E-state index in [4.69, 9.17) is 9.47 Å². The molecule has 64 heavy (non-hydrogen) atoms. The number of carboxylic acids is 1. The Morgan fingerprint density at radius 2 is 1.61 bits per heavy atom. The number of nitrogens with zero attached hydrogens (tertiary/aromatic N) is 8. The average Bonchev–Trinajstić information content (AvgIpc) is 3.82. The van der Waals surface area contributed by atoms with Gasteiger partial charge < -0.3 is 34.6 Å². The molecule has 2 unspecified atom stereocenters. The van der Waals surface area contributed by atoms with Crippen LogP contribution in [0.5, 0.6) is 5.75 Å². The molecule has 1 aromatic heterocycles. The van der Waals surface area contributed by atoms with E-state index in [9.17, 15) is 37.5 Å². The van der Waals surface area contributed by atoms with E-state index in [-0.39, 0.29) is 37.6 Å². The number of carbonyl (C=O) groups is 5. The van der Waals surface area contributed by atoms with Gasteiger partial charge in [0.1, 0.15) is 52.2 Å². The summed E-state index contributed by atoms with van der Waals surface area (Å²) < 4.78 is 38.7. The average molecular weight is 930 g/mol. The Kier molecular flexibility index (Phi) is 10.8. The molecule has 5 aliphatic heterocycles. The number of hydrogen-bond acceptors (Lipinski definition) is 15. The summed E-state index contributed by atoms with van der Waals surface area (Å²) in [6, 6.07) is 16.0. The van der Waals surface area contributed by atoms with Crippen molar-refractivity contribution in [3.05, 3.63) is 89.9 Å². The van der Waals surface area contributed by atoms with Crippen molar-refractivity contribution < 1.29 is 47.0 Å². The Morgan fingerprint density at radius 1 is 0.953 bits per heavy atom. The first-order chi connectivity index (χ1) is 30.5. The van der Waals surface area contributed by atoms with E-state index in [1.807, 2.05) is 74.4 Å². The number of β-lactam (4-membered cyclic amide) rings is 2. The van der Waals surface area contributed by atoms with Gasteiger partial charge in [-0.2, -0.15) is 0 Å². The van der Waals surface area contributed by atoms with Crippen LogP contribution in [0.1, 0.15) is 18.9 Å². The Morgan fingerprint density at radius 3 is 2.19 bits per heavy atom. The minimum atomic E-state index is -4.05. The van der Waals surface area contributed by atoms with Crippen LogP contribution in [0.3, 0.4) is 0 Å². The number of ether oxygens (including phenoxy) is 2. The van der Waals surface area contributed by atoms with E-state index in [0.29, 0.717) is 28.3 Å². The Labute approximate surface area is 376 Å². The minimum Gasteiger partial charge on any atom is -0.489 e. The molecular formula is C42H43N9O10S3. The van der Waals surface area contributed by atoms with Crippen molar-refractivity contribution in [2.75, 3.05) is 55.3 Å². The van der Waals surface area contributed by atoms with E-state index in [0.717, 1.165) is 31.0 Å². The van der Waals surface area contributed by atoms with Crippen LogP contribution < -0.4 is 24.8 Å². The monoisotopic (exact) mass is 929 g/mol. The number of aliphatic carboxylic acids is 1. The van der Waals surface area contributed by atoms with Crippen LogP contribution in [0.25, 0.3) is 0 Å². The van der Waals surface area contributed by atoms with Crippen molar-refractivity contribution in [1.82, 2.24) is 30.1 Å². The highest BCUT2D eigenvalue weighted by Crippen LogP contribution is 2.51. The molecule has 19 nitrogen and oxygen atoms in total. The molecule has 3 saturated heterocycles. The maximum atomic E-state index is 13.9. The standard InChI is InChI=1S/C42H43N9O10S3/c1-42(22-48-15-14-43-45-48)36(50-32(52)18-33(50)64(42,58)59)37(53)44-34-38(54)51-35(40(55)56)24(21-62-39(34)51)20-60-27-10-6-23(7-11-27)19-61-41(57)49-28-12-8-25(46(2)3)16-30(28)63-31-17-26(47(4)5)9-13-29(31)49/h6-17,33-34,36,39H,18-22H2,1-5H3,(H,44,53)(H,55,56)/t33?,34-,36+,39-,42?/m1/s1. The van der Waals surface area contributed by atoms with Crippen molar-refractivity contribution in [2.45, 2.75) is 63.9 Å². The second-order valence-corrected chi connectivity index (χ2v) is 21.2. The van der Waals surface area contributed by atoms with Gasteiger partial charge in [-0.1, -0.05) is 29.1 Å². The van der Waals surface area contributed by atoms with Crippen LogP contribution in [0.15, 0.2) is 94.1 Å². The largest absolute Gasteiger partial charge is 0.489 e. The van der Waals surface area contributed by atoms with Gasteiger partial charge in [0, 0.05) is 66.9 Å². The molecular weight excluding hydrogens is 887 g/mol. The maximum absolute atomic E-state index is 13.9. The van der Waals surface area contributed by atoms with Gasteiger partial charge in [0.2, 0.25) is 11.8 Å². The number of carbonyl (C=O) groups excluding carboxylic acids is 4. The zero-order valence-corrected chi connectivity index (χ0v) is 37.6. The predicted octanol–water partition coefficient (Wildman–Crippen LogP) is 3.28. The van der Waals surface area contributed by atoms with Gasteiger partial charge in [-0.05, 0) is 61.0 Å². The molecule has 0 aliphatic carbocycles. The highest BCUT2D eigenvalue weighted by molar-refractivity contribution is 8.00. The molecule has 3 fully saturated rings. The number of anilines is 4. The summed E-state index contributed by atoms with van der Waals surface area (Å²) in [7, 11) is 3.79. The quantitative estimate of drug-likeness (QED) is 0.195. The van der Waals surface area contributed by atoms with Gasteiger partial charge in [0.15, 0.2) is 9.84 Å². The summed E-state index contributed by atoms with van der Waals surface area (Å²) in [5, 5.41) is 18.5. The number of sulfone groups is 1. The smallest absolute Gasteiger partial charge is 0.419 e. The molecule has 6 heterocycles.